The Morgan fingerprint density at radius 2 is 2.24 bits per heavy atom. The standard InChI is InChI=1S/C11H13N3O3/c1-6-8(3-4-11(16)17)7(2)14-9(12-6)5-10(15)13-14/h5H,3-4H2,1-2H3,(H,13,15)(H,16,17). The molecule has 2 N–H and O–H groups in total. The normalized spacial score (nSPS) is 10.9. The molecular weight excluding hydrogens is 222 g/mol. The third kappa shape index (κ3) is 2.06. The molecule has 0 unspecified atom stereocenters. The van der Waals surface area contributed by atoms with Gasteiger partial charge in [0.1, 0.15) is 0 Å². The Balaban J connectivity index is 2.54. The van der Waals surface area contributed by atoms with Gasteiger partial charge < -0.3 is 5.11 Å². The highest BCUT2D eigenvalue weighted by Crippen LogP contribution is 2.14. The molecule has 6 nitrogen and oxygen atoms in total. The topological polar surface area (TPSA) is 87.5 Å². The number of carbonyl (C=O) groups is 1. The monoisotopic (exact) mass is 235 g/mol. The lowest BCUT2D eigenvalue weighted by Gasteiger charge is -2.10. The lowest BCUT2D eigenvalue weighted by molar-refractivity contribution is -0.136. The number of fused-ring (bicyclic) bond motifs is 1. The minimum Gasteiger partial charge on any atom is -0.481 e. The number of hydrogen-bond acceptors (Lipinski definition) is 3. The molecule has 2 heterocycles. The number of aliphatic carboxylic acids is 1. The van der Waals surface area contributed by atoms with E-state index in [1.807, 2.05) is 13.8 Å². The maximum Gasteiger partial charge on any atom is 0.303 e. The van der Waals surface area contributed by atoms with E-state index in [0.29, 0.717) is 12.1 Å². The number of carboxylic acids is 1. The number of nitrogens with one attached hydrogen (secondary N) is 1. The first-order chi connectivity index (χ1) is 7.99. The number of carboxylic acid groups (broad SMARTS) is 1. The number of H-pyrrole nitrogens is 1. The van der Waals surface area contributed by atoms with Crippen molar-refractivity contribution in [3.63, 3.8) is 0 Å². The van der Waals surface area contributed by atoms with Gasteiger partial charge in [-0.3, -0.25) is 14.7 Å². The van der Waals surface area contributed by atoms with Crippen LogP contribution in [0.4, 0.5) is 0 Å². The number of hydrogen-bond donors (Lipinski definition) is 2. The smallest absolute Gasteiger partial charge is 0.303 e. The summed E-state index contributed by atoms with van der Waals surface area (Å²) >= 11 is 0. The molecule has 90 valence electrons. The molecule has 2 aromatic rings. The van der Waals surface area contributed by atoms with E-state index in [0.717, 1.165) is 17.0 Å². The van der Waals surface area contributed by atoms with Crippen molar-refractivity contribution < 1.29 is 9.90 Å². The van der Waals surface area contributed by atoms with E-state index in [1.165, 1.54) is 6.07 Å². The van der Waals surface area contributed by atoms with E-state index in [-0.39, 0.29) is 12.0 Å². The van der Waals surface area contributed by atoms with Crippen LogP contribution in [0.25, 0.3) is 5.65 Å². The van der Waals surface area contributed by atoms with Gasteiger partial charge in [-0.1, -0.05) is 0 Å². The fourth-order valence-corrected chi connectivity index (χ4v) is 1.95. The second-order valence-corrected chi connectivity index (χ2v) is 3.97. The Kier molecular flexibility index (Phi) is 2.71. The van der Waals surface area contributed by atoms with E-state index in [4.69, 9.17) is 5.11 Å². The summed E-state index contributed by atoms with van der Waals surface area (Å²) in [6.07, 6.45) is 0.469. The molecule has 0 atom stereocenters. The summed E-state index contributed by atoms with van der Waals surface area (Å²) in [5, 5.41) is 11.3. The van der Waals surface area contributed by atoms with Gasteiger partial charge in [-0.15, -0.1) is 0 Å². The zero-order chi connectivity index (χ0) is 12.6. The zero-order valence-electron chi connectivity index (χ0n) is 9.65. The van der Waals surface area contributed by atoms with Gasteiger partial charge in [-0.2, -0.15) is 0 Å². The van der Waals surface area contributed by atoms with Crippen molar-refractivity contribution in [2.45, 2.75) is 26.7 Å². The van der Waals surface area contributed by atoms with Gasteiger partial charge in [0.05, 0.1) is 0 Å². The maximum absolute atomic E-state index is 11.2. The molecular formula is C11H13N3O3. The number of rotatable bonds is 3. The predicted molar refractivity (Wildman–Crippen MR) is 61.2 cm³/mol. The molecule has 0 amide bonds. The average Bonchev–Trinajstić information content (AvgIpc) is 2.58. The van der Waals surface area contributed by atoms with Crippen molar-refractivity contribution in [2.24, 2.45) is 0 Å². The highest BCUT2D eigenvalue weighted by atomic mass is 16.4. The van der Waals surface area contributed by atoms with Crippen LogP contribution in [0.2, 0.25) is 0 Å². The summed E-state index contributed by atoms with van der Waals surface area (Å²) < 4.78 is 1.59. The quantitative estimate of drug-likeness (QED) is 0.817. The molecule has 0 saturated heterocycles. The fraction of sp³-hybridized carbons (Fsp3) is 0.364. The Hall–Kier alpha value is -2.11. The van der Waals surface area contributed by atoms with Crippen LogP contribution >= 0.6 is 0 Å². The summed E-state index contributed by atoms with van der Waals surface area (Å²) in [6.45, 7) is 3.66. The molecule has 0 aliphatic heterocycles. The molecule has 6 heteroatoms. The average molecular weight is 235 g/mol. The molecule has 0 spiro atoms. The highest BCUT2D eigenvalue weighted by Gasteiger charge is 2.11. The predicted octanol–water partition coefficient (Wildman–Crippen LogP) is 0.657. The summed E-state index contributed by atoms with van der Waals surface area (Å²) in [4.78, 5) is 26.1. The second-order valence-electron chi connectivity index (χ2n) is 3.97. The van der Waals surface area contributed by atoms with Gasteiger partial charge >= 0.3 is 5.97 Å². The highest BCUT2D eigenvalue weighted by molar-refractivity contribution is 5.67. The Bertz CT molecular complexity index is 639. The Morgan fingerprint density at radius 3 is 2.88 bits per heavy atom. The molecule has 0 radical (unpaired) electrons. The van der Waals surface area contributed by atoms with Gasteiger partial charge in [0.2, 0.25) is 0 Å². The lowest BCUT2D eigenvalue weighted by Crippen LogP contribution is -2.08. The van der Waals surface area contributed by atoms with Gasteiger partial charge in [0.15, 0.2) is 5.65 Å². The summed E-state index contributed by atoms with van der Waals surface area (Å²) in [5.41, 5.74) is 2.81. The molecule has 17 heavy (non-hydrogen) atoms. The Morgan fingerprint density at radius 1 is 1.53 bits per heavy atom. The maximum atomic E-state index is 11.2. The van der Waals surface area contributed by atoms with E-state index in [9.17, 15) is 9.59 Å². The van der Waals surface area contributed by atoms with E-state index in [2.05, 4.69) is 10.1 Å². The third-order valence-electron chi connectivity index (χ3n) is 2.79. The lowest BCUT2D eigenvalue weighted by atomic mass is 10.1. The van der Waals surface area contributed by atoms with Crippen LogP contribution in [0.3, 0.4) is 0 Å². The Labute approximate surface area is 96.9 Å². The molecule has 0 aliphatic rings. The van der Waals surface area contributed by atoms with Crippen LogP contribution < -0.4 is 5.56 Å². The fourth-order valence-electron chi connectivity index (χ4n) is 1.95. The molecule has 2 aromatic heterocycles. The van der Waals surface area contributed by atoms with E-state index >= 15 is 0 Å². The largest absolute Gasteiger partial charge is 0.481 e. The van der Waals surface area contributed by atoms with E-state index < -0.39 is 5.97 Å². The van der Waals surface area contributed by atoms with Gasteiger partial charge in [0, 0.05) is 23.9 Å². The van der Waals surface area contributed by atoms with Crippen molar-refractivity contribution >= 4 is 11.6 Å². The summed E-state index contributed by atoms with van der Waals surface area (Å²) in [5.74, 6) is -0.843. The van der Waals surface area contributed by atoms with Crippen molar-refractivity contribution in [1.82, 2.24) is 14.6 Å². The molecule has 0 fully saturated rings. The van der Waals surface area contributed by atoms with Gasteiger partial charge in [0.25, 0.3) is 5.56 Å². The van der Waals surface area contributed by atoms with Crippen molar-refractivity contribution in [1.29, 1.82) is 0 Å². The second kappa shape index (κ2) is 4.04. The van der Waals surface area contributed by atoms with Crippen molar-refractivity contribution in [3.05, 3.63) is 33.4 Å². The van der Waals surface area contributed by atoms with Crippen molar-refractivity contribution in [3.8, 4) is 0 Å². The first-order valence-corrected chi connectivity index (χ1v) is 5.28. The van der Waals surface area contributed by atoms with Crippen LogP contribution in [-0.2, 0) is 11.2 Å². The van der Waals surface area contributed by atoms with Crippen LogP contribution in [0.1, 0.15) is 23.4 Å². The van der Waals surface area contributed by atoms with Crippen molar-refractivity contribution in [2.75, 3.05) is 0 Å². The summed E-state index contributed by atoms with van der Waals surface area (Å²) in [6, 6.07) is 1.42. The first-order valence-electron chi connectivity index (χ1n) is 5.28. The number of aromatic amines is 1. The van der Waals surface area contributed by atoms with Gasteiger partial charge in [-0.05, 0) is 25.8 Å². The van der Waals surface area contributed by atoms with Gasteiger partial charge in [-0.25, -0.2) is 9.50 Å². The SMILES string of the molecule is Cc1nc2cc(=O)[nH]n2c(C)c1CCC(=O)O. The zero-order valence-corrected chi connectivity index (χ0v) is 9.65. The molecule has 0 bridgehead atoms. The van der Waals surface area contributed by atoms with Crippen LogP contribution in [0.15, 0.2) is 10.9 Å². The summed E-state index contributed by atoms with van der Waals surface area (Å²) in [7, 11) is 0. The third-order valence-corrected chi connectivity index (χ3v) is 2.79. The molecule has 0 saturated carbocycles. The molecule has 2 rings (SSSR count). The minimum absolute atomic E-state index is 0.0559. The first kappa shape index (κ1) is 11.4. The number of nitrogens with zero attached hydrogens (tertiary/aromatic N) is 2. The van der Waals surface area contributed by atoms with Crippen LogP contribution in [-0.4, -0.2) is 25.7 Å². The molecule has 0 aromatic carbocycles. The number of aryl methyl sites for hydroxylation is 2. The number of aromatic nitrogens is 3. The molecule has 0 aliphatic carbocycles. The van der Waals surface area contributed by atoms with Crippen LogP contribution in [0.5, 0.6) is 0 Å². The minimum atomic E-state index is -0.843. The van der Waals surface area contributed by atoms with Crippen LogP contribution in [0, 0.1) is 13.8 Å². The van der Waals surface area contributed by atoms with E-state index in [1.54, 1.807) is 4.52 Å².